The van der Waals surface area contributed by atoms with Gasteiger partial charge in [0.15, 0.2) is 0 Å². The van der Waals surface area contributed by atoms with Gasteiger partial charge in [0.2, 0.25) is 0 Å². The first-order valence-corrected chi connectivity index (χ1v) is 9.00. The predicted molar refractivity (Wildman–Crippen MR) is 100 cm³/mol. The van der Waals surface area contributed by atoms with Gasteiger partial charge in [0, 0.05) is 30.2 Å². The Bertz CT molecular complexity index is 985. The molecule has 136 valence electrons. The van der Waals surface area contributed by atoms with E-state index in [2.05, 4.69) is 11.2 Å². The number of amides is 1. The number of benzene rings is 1. The van der Waals surface area contributed by atoms with Crippen molar-refractivity contribution in [2.45, 2.75) is 39.5 Å². The van der Waals surface area contributed by atoms with Crippen molar-refractivity contribution in [3.8, 4) is 0 Å². The van der Waals surface area contributed by atoms with Crippen LogP contribution in [0.1, 0.15) is 27.4 Å². The van der Waals surface area contributed by atoms with Crippen LogP contribution in [0.2, 0.25) is 0 Å². The van der Waals surface area contributed by atoms with E-state index >= 15 is 0 Å². The highest BCUT2D eigenvalue weighted by molar-refractivity contribution is 6.02. The summed E-state index contributed by atoms with van der Waals surface area (Å²) in [6.07, 6.45) is 0.214. The van der Waals surface area contributed by atoms with Crippen LogP contribution in [0.25, 0.3) is 10.9 Å². The van der Waals surface area contributed by atoms with Crippen LogP contribution in [-0.4, -0.2) is 50.0 Å². The number of fused-ring (bicyclic) bond motifs is 3. The molecule has 0 saturated carbocycles. The van der Waals surface area contributed by atoms with E-state index in [-0.39, 0.29) is 5.91 Å². The number of aryl methyl sites for hydroxylation is 2. The van der Waals surface area contributed by atoms with Crippen molar-refractivity contribution in [3.63, 3.8) is 0 Å². The van der Waals surface area contributed by atoms with Crippen molar-refractivity contribution in [1.82, 2.24) is 19.2 Å². The highest BCUT2D eigenvalue weighted by Crippen LogP contribution is 2.30. The zero-order valence-corrected chi connectivity index (χ0v) is 15.4. The molecule has 3 heterocycles. The van der Waals surface area contributed by atoms with Gasteiger partial charge in [-0.3, -0.25) is 9.48 Å². The Morgan fingerprint density at radius 2 is 2.00 bits per heavy atom. The molecule has 1 atom stereocenters. The molecule has 1 aliphatic heterocycles. The molecule has 0 bridgehead atoms. The van der Waals surface area contributed by atoms with Crippen LogP contribution >= 0.6 is 0 Å². The Labute approximate surface area is 152 Å². The van der Waals surface area contributed by atoms with E-state index in [9.17, 15) is 9.90 Å². The fourth-order valence-corrected chi connectivity index (χ4v) is 3.95. The van der Waals surface area contributed by atoms with Crippen LogP contribution in [0.5, 0.6) is 0 Å². The zero-order chi connectivity index (χ0) is 18.4. The minimum atomic E-state index is -0.632. The van der Waals surface area contributed by atoms with Crippen LogP contribution < -0.4 is 0 Å². The quantitative estimate of drug-likeness (QED) is 0.782. The predicted octanol–water partition coefficient (Wildman–Crippen LogP) is 2.14. The van der Waals surface area contributed by atoms with Gasteiger partial charge in [-0.1, -0.05) is 18.2 Å². The maximum Gasteiger partial charge on any atom is 0.270 e. The smallest absolute Gasteiger partial charge is 0.270 e. The highest BCUT2D eigenvalue weighted by atomic mass is 16.3. The lowest BCUT2D eigenvalue weighted by Gasteiger charge is -2.25. The molecule has 1 amide bonds. The fourth-order valence-electron chi connectivity index (χ4n) is 3.95. The summed E-state index contributed by atoms with van der Waals surface area (Å²) >= 11 is 0. The van der Waals surface area contributed by atoms with Crippen molar-refractivity contribution in [2.75, 3.05) is 13.6 Å². The average molecular weight is 352 g/mol. The summed E-state index contributed by atoms with van der Waals surface area (Å²) in [6.45, 7) is 5.44. The Hall–Kier alpha value is -2.60. The third-order valence-corrected chi connectivity index (χ3v) is 5.20. The normalized spacial score (nSPS) is 15.5. The number of aliphatic hydroxyl groups is 1. The standard InChI is InChI=1S/C20H24N4O2/c1-13-10-14(2)24(21-13)12-15(25)11-23-18-7-5-4-6-16(18)17-8-9-22(3)20(26)19(17)23/h4-7,10,15,25H,8-9,11-12H2,1-3H3. The molecule has 0 spiro atoms. The molecule has 0 radical (unpaired) electrons. The van der Waals surface area contributed by atoms with Gasteiger partial charge < -0.3 is 14.6 Å². The summed E-state index contributed by atoms with van der Waals surface area (Å²) in [5.74, 6) is 0.0285. The van der Waals surface area contributed by atoms with Gasteiger partial charge in [-0.25, -0.2) is 0 Å². The molecule has 0 fully saturated rings. The molecule has 26 heavy (non-hydrogen) atoms. The Morgan fingerprint density at radius 1 is 1.23 bits per heavy atom. The van der Waals surface area contributed by atoms with Crippen molar-refractivity contribution >= 4 is 16.8 Å². The summed E-state index contributed by atoms with van der Waals surface area (Å²) in [4.78, 5) is 14.6. The fraction of sp³-hybridized carbons (Fsp3) is 0.400. The largest absolute Gasteiger partial charge is 0.389 e. The van der Waals surface area contributed by atoms with Crippen LogP contribution in [-0.2, 0) is 19.5 Å². The molecule has 3 aromatic rings. The molecule has 1 aliphatic rings. The van der Waals surface area contributed by atoms with E-state index in [0.717, 1.165) is 40.8 Å². The first-order chi connectivity index (χ1) is 12.5. The maximum atomic E-state index is 12.8. The van der Waals surface area contributed by atoms with Crippen molar-refractivity contribution in [2.24, 2.45) is 0 Å². The summed E-state index contributed by atoms with van der Waals surface area (Å²) in [5, 5.41) is 16.3. The van der Waals surface area contributed by atoms with Crippen LogP contribution in [0, 0.1) is 13.8 Å². The minimum Gasteiger partial charge on any atom is -0.389 e. The Balaban J connectivity index is 1.72. The van der Waals surface area contributed by atoms with E-state index in [1.807, 2.05) is 54.4 Å². The number of rotatable bonds is 4. The maximum absolute atomic E-state index is 12.8. The first-order valence-electron chi connectivity index (χ1n) is 9.00. The van der Waals surface area contributed by atoms with Crippen molar-refractivity contribution < 1.29 is 9.90 Å². The van der Waals surface area contributed by atoms with Gasteiger partial charge >= 0.3 is 0 Å². The number of aliphatic hydroxyl groups excluding tert-OH is 1. The third-order valence-electron chi connectivity index (χ3n) is 5.20. The van der Waals surface area contributed by atoms with Crippen LogP contribution in [0.3, 0.4) is 0 Å². The number of nitrogens with zero attached hydrogens (tertiary/aromatic N) is 4. The molecule has 1 unspecified atom stereocenters. The van der Waals surface area contributed by atoms with Gasteiger partial charge in [-0.05, 0) is 38.0 Å². The number of hydrogen-bond acceptors (Lipinski definition) is 3. The summed E-state index contributed by atoms with van der Waals surface area (Å²) < 4.78 is 3.81. The van der Waals surface area contributed by atoms with Crippen molar-refractivity contribution in [3.05, 3.63) is 53.0 Å². The summed E-state index contributed by atoms with van der Waals surface area (Å²) in [5.41, 5.74) is 4.79. The van der Waals surface area contributed by atoms with Gasteiger partial charge in [-0.15, -0.1) is 0 Å². The lowest BCUT2D eigenvalue weighted by atomic mass is 10.0. The van der Waals surface area contributed by atoms with E-state index in [1.165, 1.54) is 0 Å². The number of carbonyl (C=O) groups is 1. The molecule has 0 aliphatic carbocycles. The first kappa shape index (κ1) is 16.8. The van der Waals surface area contributed by atoms with Gasteiger partial charge in [0.25, 0.3) is 5.91 Å². The lowest BCUT2D eigenvalue weighted by molar-refractivity contribution is 0.0761. The third kappa shape index (κ3) is 2.70. The second kappa shape index (κ2) is 6.29. The number of para-hydroxylation sites is 1. The minimum absolute atomic E-state index is 0.0285. The number of likely N-dealkylation sites (N-methyl/N-ethyl adjacent to an activating group) is 1. The van der Waals surface area contributed by atoms with E-state index < -0.39 is 6.10 Å². The summed E-state index contributed by atoms with van der Waals surface area (Å²) in [6, 6.07) is 10.1. The molecule has 0 saturated heterocycles. The van der Waals surface area contributed by atoms with Gasteiger partial charge in [0.1, 0.15) is 5.69 Å². The SMILES string of the molecule is Cc1cc(C)n(CC(O)Cn2c3c(c4ccccc42)CCN(C)C3=O)n1. The molecule has 1 aromatic carbocycles. The summed E-state index contributed by atoms with van der Waals surface area (Å²) in [7, 11) is 1.83. The number of hydrogen-bond donors (Lipinski definition) is 1. The van der Waals surface area contributed by atoms with Crippen molar-refractivity contribution in [1.29, 1.82) is 0 Å². The molecule has 4 rings (SSSR count). The van der Waals surface area contributed by atoms with Gasteiger partial charge in [-0.2, -0.15) is 5.10 Å². The molecule has 6 heteroatoms. The average Bonchev–Trinajstić information content (AvgIpc) is 3.09. The Morgan fingerprint density at radius 3 is 2.73 bits per heavy atom. The monoisotopic (exact) mass is 352 g/mol. The second-order valence-corrected chi connectivity index (χ2v) is 7.19. The molecule has 1 N–H and O–H groups in total. The van der Waals surface area contributed by atoms with E-state index in [1.54, 1.807) is 4.90 Å². The topological polar surface area (TPSA) is 63.3 Å². The number of aromatic nitrogens is 3. The molecular weight excluding hydrogens is 328 g/mol. The molecule has 6 nitrogen and oxygen atoms in total. The van der Waals surface area contributed by atoms with Gasteiger partial charge in [0.05, 0.1) is 24.9 Å². The molecular formula is C20H24N4O2. The highest BCUT2D eigenvalue weighted by Gasteiger charge is 2.29. The molecule has 2 aromatic heterocycles. The Kier molecular flexibility index (Phi) is 4.07. The van der Waals surface area contributed by atoms with Crippen LogP contribution in [0.15, 0.2) is 30.3 Å². The van der Waals surface area contributed by atoms with Crippen LogP contribution in [0.4, 0.5) is 0 Å². The zero-order valence-electron chi connectivity index (χ0n) is 15.4. The second-order valence-electron chi connectivity index (χ2n) is 7.19. The van der Waals surface area contributed by atoms with E-state index in [4.69, 9.17) is 0 Å². The number of carbonyl (C=O) groups excluding carboxylic acids is 1. The van der Waals surface area contributed by atoms with E-state index in [0.29, 0.717) is 18.8 Å². The lowest BCUT2D eigenvalue weighted by Crippen LogP contribution is -2.36.